The maximum absolute atomic E-state index is 6.31. The van der Waals surface area contributed by atoms with E-state index in [1.807, 2.05) is 78.9 Å². The lowest BCUT2D eigenvalue weighted by Gasteiger charge is -2.03. The maximum Gasteiger partial charge on any atom is 0.223 e. The number of aromatic nitrogens is 2. The van der Waals surface area contributed by atoms with Gasteiger partial charge in [-0.1, -0.05) is 97.1 Å². The van der Waals surface area contributed by atoms with Crippen LogP contribution in [0.4, 0.5) is 0 Å². The first kappa shape index (κ1) is 33.4. The van der Waals surface area contributed by atoms with Crippen LogP contribution in [0.5, 0.6) is 0 Å². The Morgan fingerprint density at radius 2 is 1.35 bits per heavy atom. The summed E-state index contributed by atoms with van der Waals surface area (Å²) in [5, 5.41) is 5.61. The molecule has 0 N–H and O–H groups in total. The van der Waals surface area contributed by atoms with Crippen LogP contribution in [0.1, 0.15) is 16.7 Å². The van der Waals surface area contributed by atoms with Crippen LogP contribution >= 0.6 is 22.9 Å². The minimum Gasteiger partial charge on any atom is -0.455 e. The molecule has 4 aromatic heterocycles. The third kappa shape index (κ3) is 5.91. The zero-order valence-electron chi connectivity index (χ0n) is 28.9. The van der Waals surface area contributed by atoms with Crippen molar-refractivity contribution in [1.82, 2.24) is 9.97 Å². The monoisotopic (exact) mass is 739 g/mol. The molecule has 4 heterocycles. The van der Waals surface area contributed by atoms with Gasteiger partial charge in [0.15, 0.2) is 11.4 Å². The van der Waals surface area contributed by atoms with Crippen molar-refractivity contribution in [3.05, 3.63) is 155 Å². The smallest absolute Gasteiger partial charge is 0.223 e. The van der Waals surface area contributed by atoms with Gasteiger partial charge in [0.25, 0.3) is 0 Å². The Morgan fingerprint density at radius 3 is 2.20 bits per heavy atom. The molecule has 6 aromatic carbocycles. The second-order valence-electron chi connectivity index (χ2n) is 12.6. The molecule has 0 unspecified atom stereocenters. The van der Waals surface area contributed by atoms with Crippen molar-refractivity contribution in [2.45, 2.75) is 13.1 Å². The van der Waals surface area contributed by atoms with Crippen molar-refractivity contribution in [3.63, 3.8) is 0 Å². The number of hydrogen-bond donors (Lipinski definition) is 0. The summed E-state index contributed by atoms with van der Waals surface area (Å²) in [6.07, 6.45) is 0. The van der Waals surface area contributed by atoms with E-state index in [1.54, 1.807) is 11.3 Å². The van der Waals surface area contributed by atoms with Crippen LogP contribution in [0.15, 0.2) is 157 Å². The SMILES string of the molecule is C=NC(=NCc1ccccc1)c1cccc2c1sc1ccccc12.C=NCc1cccc2oc3c(-c4nc(Cl)nc5c4oc4ccccc45)cccc3c12. The van der Waals surface area contributed by atoms with E-state index in [4.69, 9.17) is 25.4 Å². The lowest BCUT2D eigenvalue weighted by molar-refractivity contribution is 0.662. The van der Waals surface area contributed by atoms with Gasteiger partial charge in [-0.25, -0.2) is 15.0 Å². The van der Waals surface area contributed by atoms with Crippen molar-refractivity contribution >= 4 is 106 Å². The van der Waals surface area contributed by atoms with E-state index in [-0.39, 0.29) is 5.28 Å². The van der Waals surface area contributed by atoms with Gasteiger partial charge in [0.05, 0.1) is 13.1 Å². The second kappa shape index (κ2) is 14.2. The number of nitrogens with zero attached hydrogens (tertiary/aromatic N) is 5. The summed E-state index contributed by atoms with van der Waals surface area (Å²) in [5.41, 5.74) is 8.21. The molecule has 10 aromatic rings. The quantitative estimate of drug-likeness (QED) is 0.0964. The number of furan rings is 2. The summed E-state index contributed by atoms with van der Waals surface area (Å²) in [6.45, 7) is 8.49. The molecule has 0 radical (unpaired) electrons. The summed E-state index contributed by atoms with van der Waals surface area (Å²) in [4.78, 5) is 21.9. The number of benzene rings is 6. The number of hydrogen-bond acceptors (Lipinski definition) is 7. The van der Waals surface area contributed by atoms with Gasteiger partial charge in [0.1, 0.15) is 28.0 Å². The average Bonchev–Trinajstić information content (AvgIpc) is 3.91. The minimum absolute atomic E-state index is 0.161. The molecule has 0 saturated heterocycles. The normalized spacial score (nSPS) is 11.8. The topological polar surface area (TPSA) is 89.1 Å². The van der Waals surface area contributed by atoms with Gasteiger partial charge in [0, 0.05) is 47.5 Å². The molecule has 260 valence electrons. The summed E-state index contributed by atoms with van der Waals surface area (Å²) in [7, 11) is 0. The van der Waals surface area contributed by atoms with E-state index in [9.17, 15) is 0 Å². The lowest BCUT2D eigenvalue weighted by atomic mass is 10.0. The van der Waals surface area contributed by atoms with Gasteiger partial charge in [-0.15, -0.1) is 11.3 Å². The molecule has 0 fully saturated rings. The molecule has 0 spiro atoms. The first-order valence-electron chi connectivity index (χ1n) is 17.3. The Morgan fingerprint density at radius 1 is 0.648 bits per heavy atom. The van der Waals surface area contributed by atoms with Gasteiger partial charge in [-0.05, 0) is 72.6 Å². The van der Waals surface area contributed by atoms with Gasteiger partial charge >= 0.3 is 0 Å². The van der Waals surface area contributed by atoms with Crippen LogP contribution in [0.3, 0.4) is 0 Å². The van der Waals surface area contributed by atoms with E-state index >= 15 is 0 Å². The highest BCUT2D eigenvalue weighted by Crippen LogP contribution is 2.41. The Bertz CT molecular complexity index is 3070. The number of amidine groups is 1. The molecule has 0 aliphatic heterocycles. The van der Waals surface area contributed by atoms with E-state index in [1.165, 1.54) is 25.7 Å². The van der Waals surface area contributed by atoms with Crippen molar-refractivity contribution in [2.24, 2.45) is 15.0 Å². The first-order chi connectivity index (χ1) is 26.6. The van der Waals surface area contributed by atoms with Crippen LogP contribution in [0.25, 0.3) is 75.4 Å². The predicted molar refractivity (Wildman–Crippen MR) is 226 cm³/mol. The van der Waals surface area contributed by atoms with E-state index in [2.05, 4.69) is 88.0 Å². The zero-order chi connectivity index (χ0) is 36.6. The Kier molecular flexibility index (Phi) is 8.75. The number of halogens is 1. The number of aliphatic imine (C=N–C) groups is 3. The number of thiophene rings is 1. The minimum atomic E-state index is 0.161. The van der Waals surface area contributed by atoms with Crippen LogP contribution in [0, 0.1) is 0 Å². The van der Waals surface area contributed by atoms with E-state index in [0.717, 1.165) is 49.6 Å². The van der Waals surface area contributed by atoms with Gasteiger partial charge in [-0.3, -0.25) is 9.98 Å². The molecule has 0 atom stereocenters. The highest BCUT2D eigenvalue weighted by Gasteiger charge is 2.21. The second-order valence-corrected chi connectivity index (χ2v) is 14.0. The summed E-state index contributed by atoms with van der Waals surface area (Å²) < 4.78 is 14.9. The van der Waals surface area contributed by atoms with Crippen LogP contribution in [0.2, 0.25) is 5.28 Å². The Hall–Kier alpha value is -6.48. The molecule has 0 saturated carbocycles. The number of para-hydroxylation sites is 2. The van der Waals surface area contributed by atoms with Gasteiger partial charge < -0.3 is 8.83 Å². The maximum atomic E-state index is 6.31. The van der Waals surface area contributed by atoms with Gasteiger partial charge in [-0.2, -0.15) is 0 Å². The third-order valence-electron chi connectivity index (χ3n) is 9.39. The van der Waals surface area contributed by atoms with Gasteiger partial charge in [0.2, 0.25) is 5.28 Å². The zero-order valence-corrected chi connectivity index (χ0v) is 30.4. The Balaban J connectivity index is 0.000000146. The van der Waals surface area contributed by atoms with Crippen LogP contribution in [-0.2, 0) is 13.1 Å². The molecule has 7 nitrogen and oxygen atoms in total. The molecule has 9 heteroatoms. The fourth-order valence-corrected chi connectivity index (χ4v) is 8.38. The molecule has 10 rings (SSSR count). The molecular weight excluding hydrogens is 710 g/mol. The highest BCUT2D eigenvalue weighted by molar-refractivity contribution is 7.26. The predicted octanol–water partition coefficient (Wildman–Crippen LogP) is 12.5. The number of fused-ring (bicyclic) bond motifs is 9. The fourth-order valence-electron chi connectivity index (χ4n) is 7.00. The molecule has 0 bridgehead atoms. The van der Waals surface area contributed by atoms with Crippen molar-refractivity contribution in [2.75, 3.05) is 0 Å². The third-order valence-corrected chi connectivity index (χ3v) is 10.8. The van der Waals surface area contributed by atoms with E-state index < -0.39 is 0 Å². The van der Waals surface area contributed by atoms with Crippen molar-refractivity contribution in [1.29, 1.82) is 0 Å². The standard InChI is InChI=1S/C24H14ClN3O2.C21H16N2S/c1-26-12-13-6-4-11-18-19(13)15-8-5-9-16(22(15)30-18)21-23-20(27-24(25)28-21)14-7-2-3-10-17(14)29-23;1-22-21(23-14-15-8-3-2-4-9-15)18-12-7-11-17-16-10-5-6-13-19(16)24-20(17)18/h2-11H,1,12H2;2-13H,1,14H2. The molecule has 0 aliphatic carbocycles. The van der Waals surface area contributed by atoms with Crippen molar-refractivity contribution in [3.8, 4) is 11.3 Å². The highest BCUT2D eigenvalue weighted by atomic mass is 35.5. The largest absolute Gasteiger partial charge is 0.455 e. The van der Waals surface area contributed by atoms with Crippen molar-refractivity contribution < 1.29 is 8.83 Å². The fraction of sp³-hybridized carbons (Fsp3) is 0.0444. The summed E-state index contributed by atoms with van der Waals surface area (Å²) >= 11 is 8.10. The average molecular weight is 740 g/mol. The summed E-state index contributed by atoms with van der Waals surface area (Å²) in [6, 6.07) is 44.7. The van der Waals surface area contributed by atoms with Crippen LogP contribution in [-0.4, -0.2) is 29.2 Å². The molecular formula is C45H30ClN5O2S. The Labute approximate surface area is 318 Å². The van der Waals surface area contributed by atoms with Crippen LogP contribution < -0.4 is 0 Å². The molecule has 54 heavy (non-hydrogen) atoms. The first-order valence-corrected chi connectivity index (χ1v) is 18.5. The molecule has 0 aliphatic rings. The lowest BCUT2D eigenvalue weighted by Crippen LogP contribution is -1.98. The number of rotatable bonds is 6. The summed E-state index contributed by atoms with van der Waals surface area (Å²) in [5.74, 6) is 0.705. The molecule has 0 amide bonds. The van der Waals surface area contributed by atoms with E-state index in [0.29, 0.717) is 35.7 Å².